The molecule has 3 rings (SSSR count). The lowest BCUT2D eigenvalue weighted by Crippen LogP contribution is -2.43. The van der Waals surface area contributed by atoms with Gasteiger partial charge in [-0.25, -0.2) is 0 Å². The van der Waals surface area contributed by atoms with E-state index in [1.165, 1.54) is 71.4 Å². The van der Waals surface area contributed by atoms with Crippen molar-refractivity contribution in [1.82, 2.24) is 14.7 Å². The first-order chi connectivity index (χ1) is 11.3. The molecule has 5 nitrogen and oxygen atoms in total. The van der Waals surface area contributed by atoms with Crippen molar-refractivity contribution in [2.75, 3.05) is 65.6 Å². The summed E-state index contributed by atoms with van der Waals surface area (Å²) in [4.78, 5) is 19.5. The zero-order chi connectivity index (χ0) is 15.9. The second-order valence-electron chi connectivity index (χ2n) is 7.38. The third-order valence-corrected chi connectivity index (χ3v) is 5.72. The van der Waals surface area contributed by atoms with Gasteiger partial charge in [0, 0.05) is 32.6 Å². The van der Waals surface area contributed by atoms with Crippen molar-refractivity contribution < 1.29 is 9.53 Å². The highest BCUT2D eigenvalue weighted by Gasteiger charge is 2.25. The zero-order valence-corrected chi connectivity index (χ0v) is 14.5. The predicted octanol–water partition coefficient (Wildman–Crippen LogP) is 1.43. The quantitative estimate of drug-likeness (QED) is 0.767. The number of carbonyl (C=O) groups excluding carboxylic acids is 1. The molecule has 0 saturated carbocycles. The van der Waals surface area contributed by atoms with Crippen LogP contribution in [-0.2, 0) is 9.53 Å². The minimum atomic E-state index is 0.347. The summed E-state index contributed by atoms with van der Waals surface area (Å²) in [5.41, 5.74) is 0. The normalized spacial score (nSPS) is 25.7. The van der Waals surface area contributed by atoms with E-state index in [2.05, 4.69) is 9.80 Å². The third kappa shape index (κ3) is 5.44. The highest BCUT2D eigenvalue weighted by molar-refractivity contribution is 5.76. The molecule has 3 aliphatic heterocycles. The van der Waals surface area contributed by atoms with Gasteiger partial charge in [0.25, 0.3) is 0 Å². The van der Waals surface area contributed by atoms with E-state index in [1.807, 2.05) is 4.90 Å². The van der Waals surface area contributed by atoms with Gasteiger partial charge in [0.2, 0.25) is 5.91 Å². The average Bonchev–Trinajstić information content (AvgIpc) is 2.63. The maximum Gasteiger partial charge on any atom is 0.223 e. The lowest BCUT2D eigenvalue weighted by Gasteiger charge is -2.35. The molecular formula is C18H33N3O2. The van der Waals surface area contributed by atoms with Crippen molar-refractivity contribution >= 4 is 5.91 Å². The predicted molar refractivity (Wildman–Crippen MR) is 91.5 cm³/mol. The summed E-state index contributed by atoms with van der Waals surface area (Å²) in [7, 11) is 0. The van der Waals surface area contributed by atoms with Crippen LogP contribution in [0.25, 0.3) is 0 Å². The highest BCUT2D eigenvalue weighted by Crippen LogP contribution is 2.22. The van der Waals surface area contributed by atoms with Gasteiger partial charge in [-0.1, -0.05) is 6.42 Å². The van der Waals surface area contributed by atoms with Crippen molar-refractivity contribution in [2.45, 2.75) is 38.5 Å². The largest absolute Gasteiger partial charge is 0.378 e. The van der Waals surface area contributed by atoms with Crippen molar-refractivity contribution in [1.29, 1.82) is 0 Å². The third-order valence-electron chi connectivity index (χ3n) is 5.72. The molecule has 132 valence electrons. The van der Waals surface area contributed by atoms with E-state index in [0.717, 1.165) is 19.5 Å². The maximum absolute atomic E-state index is 12.3. The number of hydrogen-bond acceptors (Lipinski definition) is 4. The van der Waals surface area contributed by atoms with Crippen molar-refractivity contribution in [2.24, 2.45) is 5.92 Å². The van der Waals surface area contributed by atoms with Gasteiger partial charge in [0.05, 0.1) is 13.2 Å². The second-order valence-corrected chi connectivity index (χ2v) is 7.38. The smallest absolute Gasteiger partial charge is 0.223 e. The second kappa shape index (κ2) is 9.00. The number of piperidine rings is 2. The van der Waals surface area contributed by atoms with Crippen molar-refractivity contribution in [3.05, 3.63) is 0 Å². The van der Waals surface area contributed by atoms with Gasteiger partial charge < -0.3 is 19.4 Å². The summed E-state index contributed by atoms with van der Waals surface area (Å²) < 4.78 is 5.33. The van der Waals surface area contributed by atoms with Crippen LogP contribution < -0.4 is 0 Å². The van der Waals surface area contributed by atoms with Crippen LogP contribution in [0, 0.1) is 5.92 Å². The zero-order valence-electron chi connectivity index (χ0n) is 14.5. The van der Waals surface area contributed by atoms with E-state index in [1.54, 1.807) is 0 Å². The van der Waals surface area contributed by atoms with E-state index in [4.69, 9.17) is 4.74 Å². The van der Waals surface area contributed by atoms with Gasteiger partial charge in [0.1, 0.15) is 0 Å². The fourth-order valence-corrected chi connectivity index (χ4v) is 4.07. The number of rotatable bonds is 5. The fourth-order valence-electron chi connectivity index (χ4n) is 4.07. The molecule has 5 heteroatoms. The molecule has 3 saturated heterocycles. The first-order valence-electron chi connectivity index (χ1n) is 9.61. The Balaban J connectivity index is 1.31. The number of ether oxygens (including phenoxy) is 1. The average molecular weight is 323 g/mol. The number of nitrogens with zero attached hydrogens (tertiary/aromatic N) is 3. The Morgan fingerprint density at radius 3 is 2.09 bits per heavy atom. The first-order valence-corrected chi connectivity index (χ1v) is 9.61. The summed E-state index contributed by atoms with van der Waals surface area (Å²) in [5, 5.41) is 0. The molecule has 0 aromatic carbocycles. The Bertz CT molecular complexity index is 357. The fraction of sp³-hybridized carbons (Fsp3) is 0.944. The van der Waals surface area contributed by atoms with E-state index < -0.39 is 0 Å². The number of hydrogen-bond donors (Lipinski definition) is 0. The van der Waals surface area contributed by atoms with Gasteiger partial charge >= 0.3 is 0 Å². The summed E-state index contributed by atoms with van der Waals surface area (Å²) >= 11 is 0. The van der Waals surface area contributed by atoms with Crippen LogP contribution in [0.1, 0.15) is 38.5 Å². The number of likely N-dealkylation sites (tertiary alicyclic amines) is 2. The molecule has 0 radical (unpaired) electrons. The Kier molecular flexibility index (Phi) is 6.72. The van der Waals surface area contributed by atoms with Crippen LogP contribution in [0.2, 0.25) is 0 Å². The molecule has 0 atom stereocenters. The molecule has 0 aromatic rings. The molecule has 0 spiro atoms. The summed E-state index contributed by atoms with van der Waals surface area (Å²) in [6, 6.07) is 0. The van der Waals surface area contributed by atoms with Crippen LogP contribution in [-0.4, -0.2) is 86.2 Å². The lowest BCUT2D eigenvalue weighted by atomic mass is 9.93. The van der Waals surface area contributed by atoms with Crippen LogP contribution in [0.3, 0.4) is 0 Å². The molecule has 3 heterocycles. The molecule has 0 aromatic heterocycles. The van der Waals surface area contributed by atoms with Crippen LogP contribution >= 0.6 is 0 Å². The lowest BCUT2D eigenvalue weighted by molar-refractivity contribution is -0.136. The highest BCUT2D eigenvalue weighted by atomic mass is 16.5. The van der Waals surface area contributed by atoms with Gasteiger partial charge in [-0.05, 0) is 57.8 Å². The van der Waals surface area contributed by atoms with Crippen molar-refractivity contribution in [3.63, 3.8) is 0 Å². The SMILES string of the molecule is O=C(CC1CCN(CCN2CCCCC2)CC1)N1CCOCC1. The maximum atomic E-state index is 12.3. The van der Waals surface area contributed by atoms with E-state index in [0.29, 0.717) is 25.0 Å². The van der Waals surface area contributed by atoms with Gasteiger partial charge in [-0.3, -0.25) is 4.79 Å². The molecule has 0 bridgehead atoms. The number of carbonyl (C=O) groups is 1. The molecule has 3 fully saturated rings. The monoisotopic (exact) mass is 323 g/mol. The number of morpholine rings is 1. The van der Waals surface area contributed by atoms with Crippen LogP contribution in [0.15, 0.2) is 0 Å². The Morgan fingerprint density at radius 2 is 1.43 bits per heavy atom. The molecular weight excluding hydrogens is 290 g/mol. The van der Waals surface area contributed by atoms with Gasteiger partial charge in [-0.15, -0.1) is 0 Å². The first kappa shape index (κ1) is 17.2. The Labute approximate surface area is 140 Å². The standard InChI is InChI=1S/C18H33N3O2/c22-18(21-12-14-23-15-13-21)16-17-4-8-20(9-5-17)11-10-19-6-2-1-3-7-19/h17H,1-16H2. The minimum Gasteiger partial charge on any atom is -0.378 e. The summed E-state index contributed by atoms with van der Waals surface area (Å²) in [6.45, 7) is 10.4. The topological polar surface area (TPSA) is 36.0 Å². The van der Waals surface area contributed by atoms with Gasteiger partial charge in [0.15, 0.2) is 0 Å². The Hall–Kier alpha value is -0.650. The van der Waals surface area contributed by atoms with E-state index in [9.17, 15) is 4.79 Å². The molecule has 3 aliphatic rings. The van der Waals surface area contributed by atoms with Crippen LogP contribution in [0.5, 0.6) is 0 Å². The summed E-state index contributed by atoms with van der Waals surface area (Å²) in [6.07, 6.45) is 7.31. The molecule has 1 amide bonds. The molecule has 23 heavy (non-hydrogen) atoms. The van der Waals surface area contributed by atoms with E-state index >= 15 is 0 Å². The number of amides is 1. The molecule has 0 N–H and O–H groups in total. The minimum absolute atomic E-state index is 0.347. The van der Waals surface area contributed by atoms with E-state index in [-0.39, 0.29) is 0 Å². The van der Waals surface area contributed by atoms with Crippen LogP contribution in [0.4, 0.5) is 0 Å². The molecule has 0 unspecified atom stereocenters. The molecule has 0 aliphatic carbocycles. The van der Waals surface area contributed by atoms with Gasteiger partial charge in [-0.2, -0.15) is 0 Å². The Morgan fingerprint density at radius 1 is 0.826 bits per heavy atom. The summed E-state index contributed by atoms with van der Waals surface area (Å²) in [5.74, 6) is 0.941. The van der Waals surface area contributed by atoms with Crippen molar-refractivity contribution in [3.8, 4) is 0 Å².